The van der Waals surface area contributed by atoms with Gasteiger partial charge in [-0.3, -0.25) is 4.98 Å². The summed E-state index contributed by atoms with van der Waals surface area (Å²) in [5.74, 6) is -0.393. The van der Waals surface area contributed by atoms with E-state index in [9.17, 15) is 10.0 Å². The molecule has 0 atom stereocenters. The zero-order valence-corrected chi connectivity index (χ0v) is 9.48. The molecule has 94 valence electrons. The number of hydrogen-bond donors (Lipinski definition) is 1. The molecule has 0 aromatic carbocycles. The lowest BCUT2D eigenvalue weighted by atomic mass is 10.3. The smallest absolute Gasteiger partial charge is 0.344 e. The standard InChI is InChI=1S/C10H10N4O4/c1-17-8(15)6-18-10-12-9(14(16)13-10)7-3-2-4-11-5-7/h2-5,16H,6H2,1H3. The van der Waals surface area contributed by atoms with E-state index in [-0.39, 0.29) is 18.4 Å². The van der Waals surface area contributed by atoms with Crippen molar-refractivity contribution >= 4 is 5.97 Å². The summed E-state index contributed by atoms with van der Waals surface area (Å²) in [5.41, 5.74) is 0.570. The Balaban J connectivity index is 2.15. The first kappa shape index (κ1) is 11.8. The van der Waals surface area contributed by atoms with Gasteiger partial charge in [-0.2, -0.15) is 4.98 Å². The van der Waals surface area contributed by atoms with Crippen molar-refractivity contribution in [3.63, 3.8) is 0 Å². The Morgan fingerprint density at radius 2 is 2.39 bits per heavy atom. The summed E-state index contributed by atoms with van der Waals surface area (Å²) in [7, 11) is 1.24. The first-order valence-electron chi connectivity index (χ1n) is 4.97. The average molecular weight is 250 g/mol. The molecule has 0 aliphatic heterocycles. The molecule has 0 amide bonds. The number of carbonyl (C=O) groups is 1. The first-order valence-corrected chi connectivity index (χ1v) is 4.97. The summed E-state index contributed by atoms with van der Waals surface area (Å²) in [4.78, 5) is 19.2. The summed E-state index contributed by atoms with van der Waals surface area (Å²) in [6.07, 6.45) is 3.11. The number of pyridine rings is 1. The van der Waals surface area contributed by atoms with Crippen molar-refractivity contribution in [3.05, 3.63) is 24.5 Å². The summed E-state index contributed by atoms with van der Waals surface area (Å²) in [5, 5.41) is 13.1. The van der Waals surface area contributed by atoms with Crippen molar-refractivity contribution in [3.8, 4) is 17.4 Å². The fourth-order valence-electron chi connectivity index (χ4n) is 1.20. The van der Waals surface area contributed by atoms with Crippen LogP contribution in [0.5, 0.6) is 6.01 Å². The number of esters is 1. The molecule has 0 radical (unpaired) electrons. The van der Waals surface area contributed by atoms with Gasteiger partial charge in [0.15, 0.2) is 6.61 Å². The molecule has 18 heavy (non-hydrogen) atoms. The fourth-order valence-corrected chi connectivity index (χ4v) is 1.20. The highest BCUT2D eigenvalue weighted by molar-refractivity contribution is 5.70. The Hall–Kier alpha value is -2.64. The molecule has 0 saturated carbocycles. The molecule has 0 fully saturated rings. The van der Waals surface area contributed by atoms with E-state index in [1.807, 2.05) is 0 Å². The number of hydrogen-bond acceptors (Lipinski definition) is 7. The molecule has 2 rings (SSSR count). The van der Waals surface area contributed by atoms with E-state index in [1.54, 1.807) is 18.3 Å². The van der Waals surface area contributed by atoms with Gasteiger partial charge in [0.1, 0.15) is 0 Å². The molecule has 0 saturated heterocycles. The van der Waals surface area contributed by atoms with Crippen LogP contribution in [0.1, 0.15) is 0 Å². The van der Waals surface area contributed by atoms with Gasteiger partial charge in [0, 0.05) is 18.0 Å². The molecular formula is C10H10N4O4. The van der Waals surface area contributed by atoms with Gasteiger partial charge >= 0.3 is 12.0 Å². The first-order chi connectivity index (χ1) is 8.70. The minimum Gasteiger partial charge on any atom is -0.466 e. The number of rotatable bonds is 4. The van der Waals surface area contributed by atoms with Crippen LogP contribution >= 0.6 is 0 Å². The van der Waals surface area contributed by atoms with Gasteiger partial charge in [0.25, 0.3) is 0 Å². The monoisotopic (exact) mass is 250 g/mol. The molecule has 1 N–H and O–H groups in total. The van der Waals surface area contributed by atoms with Crippen LogP contribution in [-0.4, -0.2) is 44.8 Å². The van der Waals surface area contributed by atoms with Crippen LogP contribution in [0.25, 0.3) is 11.4 Å². The van der Waals surface area contributed by atoms with Crippen molar-refractivity contribution in [2.24, 2.45) is 0 Å². The fraction of sp³-hybridized carbons (Fsp3) is 0.200. The summed E-state index contributed by atoms with van der Waals surface area (Å²) >= 11 is 0. The minimum absolute atomic E-state index is 0.123. The highest BCUT2D eigenvalue weighted by atomic mass is 16.6. The van der Waals surface area contributed by atoms with Gasteiger partial charge < -0.3 is 14.7 Å². The average Bonchev–Trinajstić information content (AvgIpc) is 2.78. The number of carbonyl (C=O) groups excluding carboxylic acids is 1. The third kappa shape index (κ3) is 2.54. The molecule has 0 spiro atoms. The Labute approximate surface area is 102 Å². The van der Waals surface area contributed by atoms with E-state index in [1.165, 1.54) is 13.3 Å². The van der Waals surface area contributed by atoms with Crippen LogP contribution in [0.4, 0.5) is 0 Å². The van der Waals surface area contributed by atoms with Crippen molar-refractivity contribution in [2.45, 2.75) is 0 Å². The highest BCUT2D eigenvalue weighted by Gasteiger charge is 2.13. The Morgan fingerprint density at radius 1 is 1.56 bits per heavy atom. The number of nitrogens with zero attached hydrogens (tertiary/aromatic N) is 4. The van der Waals surface area contributed by atoms with Crippen molar-refractivity contribution in [2.75, 3.05) is 13.7 Å². The van der Waals surface area contributed by atoms with E-state index in [2.05, 4.69) is 19.8 Å². The lowest BCUT2D eigenvalue weighted by Crippen LogP contribution is -2.13. The predicted octanol–water partition coefficient (Wildman–Crippen LogP) is 0.129. The molecule has 0 bridgehead atoms. The molecule has 8 nitrogen and oxygen atoms in total. The number of ether oxygens (including phenoxy) is 2. The molecule has 2 heterocycles. The number of methoxy groups -OCH3 is 1. The van der Waals surface area contributed by atoms with Crippen molar-refractivity contribution < 1.29 is 19.5 Å². The summed E-state index contributed by atoms with van der Waals surface area (Å²) in [6.45, 7) is -0.326. The normalized spacial score (nSPS) is 10.1. The summed E-state index contributed by atoms with van der Waals surface area (Å²) < 4.78 is 9.34. The second-order valence-electron chi connectivity index (χ2n) is 3.21. The van der Waals surface area contributed by atoms with E-state index < -0.39 is 5.97 Å². The SMILES string of the molecule is COC(=O)COc1nc(-c2cccnc2)n(O)n1. The van der Waals surface area contributed by atoms with E-state index >= 15 is 0 Å². The zero-order chi connectivity index (χ0) is 13.0. The Bertz CT molecular complexity index is 540. The maximum absolute atomic E-state index is 10.9. The van der Waals surface area contributed by atoms with Gasteiger partial charge in [-0.05, 0) is 12.1 Å². The quantitative estimate of drug-likeness (QED) is 0.608. The minimum atomic E-state index is -0.563. The molecule has 2 aromatic heterocycles. The molecular weight excluding hydrogens is 240 g/mol. The van der Waals surface area contributed by atoms with Gasteiger partial charge in [-0.25, -0.2) is 4.79 Å². The van der Waals surface area contributed by atoms with E-state index in [0.29, 0.717) is 10.4 Å². The largest absolute Gasteiger partial charge is 0.466 e. The molecule has 0 aliphatic carbocycles. The lowest BCUT2D eigenvalue weighted by Gasteiger charge is -1.97. The maximum Gasteiger partial charge on any atom is 0.344 e. The Kier molecular flexibility index (Phi) is 3.37. The van der Waals surface area contributed by atoms with Crippen LogP contribution < -0.4 is 4.74 Å². The van der Waals surface area contributed by atoms with Crippen LogP contribution in [0.15, 0.2) is 24.5 Å². The predicted molar refractivity (Wildman–Crippen MR) is 57.9 cm³/mol. The van der Waals surface area contributed by atoms with Gasteiger partial charge in [-0.15, -0.1) is 0 Å². The van der Waals surface area contributed by atoms with Crippen molar-refractivity contribution in [1.82, 2.24) is 19.9 Å². The molecule has 0 aliphatic rings. The zero-order valence-electron chi connectivity index (χ0n) is 9.48. The maximum atomic E-state index is 10.9. The van der Waals surface area contributed by atoms with Crippen LogP contribution in [0.2, 0.25) is 0 Å². The van der Waals surface area contributed by atoms with Crippen LogP contribution in [-0.2, 0) is 9.53 Å². The van der Waals surface area contributed by atoms with E-state index in [0.717, 1.165) is 0 Å². The second kappa shape index (κ2) is 5.13. The van der Waals surface area contributed by atoms with Crippen LogP contribution in [0, 0.1) is 0 Å². The summed E-state index contributed by atoms with van der Waals surface area (Å²) in [6, 6.07) is 3.27. The highest BCUT2D eigenvalue weighted by Crippen LogP contribution is 2.17. The van der Waals surface area contributed by atoms with Crippen molar-refractivity contribution in [1.29, 1.82) is 0 Å². The van der Waals surface area contributed by atoms with Crippen LogP contribution in [0.3, 0.4) is 0 Å². The van der Waals surface area contributed by atoms with Gasteiger partial charge in [-0.1, -0.05) is 9.94 Å². The number of aromatic nitrogens is 4. The Morgan fingerprint density at radius 3 is 3.06 bits per heavy atom. The van der Waals surface area contributed by atoms with E-state index in [4.69, 9.17) is 4.74 Å². The van der Waals surface area contributed by atoms with Gasteiger partial charge in [0.05, 0.1) is 7.11 Å². The third-order valence-corrected chi connectivity index (χ3v) is 2.04. The molecule has 0 unspecified atom stereocenters. The topological polar surface area (TPSA) is 99.4 Å². The van der Waals surface area contributed by atoms with Gasteiger partial charge in [0.2, 0.25) is 5.82 Å². The molecule has 2 aromatic rings. The lowest BCUT2D eigenvalue weighted by molar-refractivity contribution is -0.143. The third-order valence-electron chi connectivity index (χ3n) is 2.04. The second-order valence-corrected chi connectivity index (χ2v) is 3.21. The molecule has 8 heteroatoms.